The molecule has 1 atom stereocenters. The minimum Gasteiger partial charge on any atom is -0.462 e. The number of rotatable bonds is 0. The van der Waals surface area contributed by atoms with Gasteiger partial charge in [-0.15, -0.1) is 0 Å². The van der Waals surface area contributed by atoms with E-state index in [-0.39, 0.29) is 12.1 Å². The first kappa shape index (κ1) is 4.62. The summed E-state index contributed by atoms with van der Waals surface area (Å²) in [7, 11) is 0. The highest BCUT2D eigenvalue weighted by molar-refractivity contribution is 5.71. The zero-order valence-electron chi connectivity index (χ0n) is 4.02. The van der Waals surface area contributed by atoms with Crippen LogP contribution in [0.5, 0.6) is 0 Å². The van der Waals surface area contributed by atoms with E-state index in [1.165, 1.54) is 0 Å². The number of cyclic esters (lactones) is 1. The molecule has 0 spiro atoms. The summed E-state index contributed by atoms with van der Waals surface area (Å²) in [5.41, 5.74) is 0. The van der Waals surface area contributed by atoms with Gasteiger partial charge in [-0.25, -0.2) is 0 Å². The smallest absolute Gasteiger partial charge is 0.306 e. The van der Waals surface area contributed by atoms with Crippen molar-refractivity contribution in [2.24, 2.45) is 0 Å². The van der Waals surface area contributed by atoms with Gasteiger partial charge in [-0.3, -0.25) is 4.79 Å². The van der Waals surface area contributed by atoms with Gasteiger partial charge in [-0.05, 0) is 13.3 Å². The van der Waals surface area contributed by atoms with E-state index in [9.17, 15) is 4.79 Å². The molecular weight excluding hydrogens is 92.1 g/mol. The van der Waals surface area contributed by atoms with Crippen molar-refractivity contribution in [1.29, 1.82) is 0 Å². The number of carbonyl (C=O) groups excluding carboxylic acids is 1. The highest BCUT2D eigenvalue weighted by Crippen LogP contribution is 2.10. The second-order valence-corrected chi connectivity index (χ2v) is 1.65. The molecule has 1 aliphatic heterocycles. The van der Waals surface area contributed by atoms with E-state index < -0.39 is 0 Å². The lowest BCUT2D eigenvalue weighted by atomic mass is 10.3. The Morgan fingerprint density at radius 1 is 1.86 bits per heavy atom. The number of carbonyl (C=O) groups is 1. The monoisotopic (exact) mass is 99.0 g/mol. The molecular formula is C5H7O2. The Bertz CT molecular complexity index is 88.1. The lowest BCUT2D eigenvalue weighted by molar-refractivity contribution is -0.140. The first-order valence-electron chi connectivity index (χ1n) is 2.31. The highest BCUT2D eigenvalue weighted by atomic mass is 16.5. The zero-order valence-corrected chi connectivity index (χ0v) is 4.02. The van der Waals surface area contributed by atoms with Crippen LogP contribution in [0.2, 0.25) is 0 Å². The molecule has 0 amide bonds. The van der Waals surface area contributed by atoms with Crippen LogP contribution in [0.25, 0.3) is 0 Å². The van der Waals surface area contributed by atoms with Crippen LogP contribution in [0.3, 0.4) is 0 Å². The molecule has 1 radical (unpaired) electrons. The molecule has 0 aromatic carbocycles. The molecule has 0 aromatic heterocycles. The van der Waals surface area contributed by atoms with Crippen LogP contribution in [0.4, 0.5) is 0 Å². The summed E-state index contributed by atoms with van der Waals surface area (Å²) < 4.78 is 4.61. The lowest BCUT2D eigenvalue weighted by Gasteiger charge is -1.95. The molecule has 0 aliphatic carbocycles. The average Bonchev–Trinajstić information content (AvgIpc) is 1.87. The largest absolute Gasteiger partial charge is 0.462 e. The maximum atomic E-state index is 10.2. The molecule has 2 nitrogen and oxygen atoms in total. The summed E-state index contributed by atoms with van der Waals surface area (Å²) >= 11 is 0. The number of esters is 1. The Hall–Kier alpha value is -0.530. The van der Waals surface area contributed by atoms with Gasteiger partial charge in [0.1, 0.15) is 6.10 Å². The van der Waals surface area contributed by atoms with Gasteiger partial charge in [-0.2, -0.15) is 0 Å². The van der Waals surface area contributed by atoms with Crippen LogP contribution in [-0.2, 0) is 9.53 Å². The van der Waals surface area contributed by atoms with E-state index in [0.717, 1.165) is 6.42 Å². The van der Waals surface area contributed by atoms with Crippen molar-refractivity contribution in [3.05, 3.63) is 6.92 Å². The normalized spacial score (nSPS) is 30.4. The SMILES string of the molecule is [CH2]C1CCC(=O)O1. The second kappa shape index (κ2) is 1.52. The molecule has 0 saturated carbocycles. The average molecular weight is 99.1 g/mol. The van der Waals surface area contributed by atoms with Crippen LogP contribution in [0.15, 0.2) is 0 Å². The van der Waals surface area contributed by atoms with Gasteiger partial charge in [0.15, 0.2) is 0 Å². The first-order chi connectivity index (χ1) is 3.29. The van der Waals surface area contributed by atoms with E-state index in [4.69, 9.17) is 0 Å². The molecule has 2 heteroatoms. The van der Waals surface area contributed by atoms with Gasteiger partial charge in [0.05, 0.1) is 0 Å². The van der Waals surface area contributed by atoms with Gasteiger partial charge in [0, 0.05) is 6.42 Å². The van der Waals surface area contributed by atoms with Gasteiger partial charge >= 0.3 is 5.97 Å². The molecule has 1 unspecified atom stereocenters. The third-order valence-corrected chi connectivity index (χ3v) is 0.969. The summed E-state index contributed by atoms with van der Waals surface area (Å²) in [6.45, 7) is 3.54. The quantitative estimate of drug-likeness (QED) is 0.414. The lowest BCUT2D eigenvalue weighted by Crippen LogP contribution is -1.99. The Morgan fingerprint density at radius 2 is 2.57 bits per heavy atom. The summed E-state index contributed by atoms with van der Waals surface area (Å²) in [6, 6.07) is 0. The van der Waals surface area contributed by atoms with E-state index in [1.54, 1.807) is 0 Å². The fourth-order valence-electron chi connectivity index (χ4n) is 0.583. The maximum Gasteiger partial charge on any atom is 0.306 e. The van der Waals surface area contributed by atoms with Crippen LogP contribution >= 0.6 is 0 Å². The Labute approximate surface area is 42.5 Å². The van der Waals surface area contributed by atoms with Crippen LogP contribution < -0.4 is 0 Å². The van der Waals surface area contributed by atoms with Crippen molar-refractivity contribution in [2.75, 3.05) is 0 Å². The summed E-state index contributed by atoms with van der Waals surface area (Å²) in [6.07, 6.45) is 1.26. The number of hydrogen-bond acceptors (Lipinski definition) is 2. The minimum absolute atomic E-state index is 0.0764. The molecule has 0 bridgehead atoms. The summed E-state index contributed by atoms with van der Waals surface area (Å²) in [5, 5.41) is 0. The first-order valence-corrected chi connectivity index (χ1v) is 2.31. The third kappa shape index (κ3) is 0.918. The van der Waals surface area contributed by atoms with Crippen LogP contribution in [0, 0.1) is 6.92 Å². The fourth-order valence-corrected chi connectivity index (χ4v) is 0.583. The standard InChI is InChI=1S/C5H7O2/c1-4-2-3-5(6)7-4/h4H,1-3H2. The predicted molar refractivity (Wildman–Crippen MR) is 24.5 cm³/mol. The Kier molecular flexibility index (Phi) is 1.01. The Balaban J connectivity index is 2.40. The summed E-state index contributed by atoms with van der Waals surface area (Å²) in [5.74, 6) is -0.111. The molecule has 0 aromatic rings. The van der Waals surface area contributed by atoms with Crippen molar-refractivity contribution < 1.29 is 9.53 Å². The second-order valence-electron chi connectivity index (χ2n) is 1.65. The molecule has 1 aliphatic rings. The molecule has 1 heterocycles. The molecule has 1 rings (SSSR count). The predicted octanol–water partition coefficient (Wildman–Crippen LogP) is 0.526. The van der Waals surface area contributed by atoms with Crippen LogP contribution in [0.1, 0.15) is 12.8 Å². The number of ether oxygens (including phenoxy) is 1. The van der Waals surface area contributed by atoms with E-state index in [2.05, 4.69) is 11.7 Å². The van der Waals surface area contributed by atoms with Gasteiger partial charge < -0.3 is 4.74 Å². The van der Waals surface area contributed by atoms with Crippen molar-refractivity contribution in [2.45, 2.75) is 18.9 Å². The molecule has 7 heavy (non-hydrogen) atoms. The van der Waals surface area contributed by atoms with E-state index in [0.29, 0.717) is 6.42 Å². The number of hydrogen-bond donors (Lipinski definition) is 0. The van der Waals surface area contributed by atoms with Gasteiger partial charge in [0.25, 0.3) is 0 Å². The third-order valence-electron chi connectivity index (χ3n) is 0.969. The van der Waals surface area contributed by atoms with Crippen molar-refractivity contribution in [1.82, 2.24) is 0 Å². The molecule has 39 valence electrons. The van der Waals surface area contributed by atoms with Crippen molar-refractivity contribution in [3.8, 4) is 0 Å². The van der Waals surface area contributed by atoms with Crippen LogP contribution in [-0.4, -0.2) is 12.1 Å². The molecule has 0 N–H and O–H groups in total. The van der Waals surface area contributed by atoms with Crippen molar-refractivity contribution >= 4 is 5.97 Å². The molecule has 1 fully saturated rings. The van der Waals surface area contributed by atoms with Crippen molar-refractivity contribution in [3.63, 3.8) is 0 Å². The maximum absolute atomic E-state index is 10.2. The van der Waals surface area contributed by atoms with Gasteiger partial charge in [0.2, 0.25) is 0 Å². The molecule has 1 saturated heterocycles. The van der Waals surface area contributed by atoms with E-state index >= 15 is 0 Å². The summed E-state index contributed by atoms with van der Waals surface area (Å²) in [4.78, 5) is 10.2. The highest BCUT2D eigenvalue weighted by Gasteiger charge is 2.17. The minimum atomic E-state index is -0.111. The topological polar surface area (TPSA) is 26.3 Å². The fraction of sp³-hybridized carbons (Fsp3) is 0.600. The zero-order chi connectivity index (χ0) is 5.28. The van der Waals surface area contributed by atoms with E-state index in [1.807, 2.05) is 0 Å². The van der Waals surface area contributed by atoms with Gasteiger partial charge in [-0.1, -0.05) is 0 Å². The Morgan fingerprint density at radius 3 is 2.71 bits per heavy atom.